The van der Waals surface area contributed by atoms with Crippen LogP contribution in [-0.2, 0) is 6.54 Å². The molecule has 122 valence electrons. The zero-order valence-electron chi connectivity index (χ0n) is 13.9. The fourth-order valence-electron chi connectivity index (χ4n) is 2.37. The van der Waals surface area contributed by atoms with Gasteiger partial charge in [-0.25, -0.2) is 4.98 Å². The molecular formula is C19H25N3O. The van der Waals surface area contributed by atoms with Crippen LogP contribution in [0.5, 0.6) is 0 Å². The Morgan fingerprint density at radius 3 is 2.83 bits per heavy atom. The van der Waals surface area contributed by atoms with E-state index in [2.05, 4.69) is 28.6 Å². The molecule has 0 saturated carbocycles. The summed E-state index contributed by atoms with van der Waals surface area (Å²) >= 11 is 0. The lowest BCUT2D eigenvalue weighted by Gasteiger charge is -2.08. The molecule has 0 atom stereocenters. The Kier molecular flexibility index (Phi) is 6.60. The first-order valence-corrected chi connectivity index (χ1v) is 8.22. The van der Waals surface area contributed by atoms with Crippen molar-refractivity contribution < 1.29 is 4.79 Å². The Morgan fingerprint density at radius 2 is 2.04 bits per heavy atom. The van der Waals surface area contributed by atoms with E-state index in [-0.39, 0.29) is 5.91 Å². The van der Waals surface area contributed by atoms with Gasteiger partial charge in [0.05, 0.1) is 0 Å². The number of hydrogen-bond acceptors (Lipinski definition) is 3. The second kappa shape index (κ2) is 8.93. The van der Waals surface area contributed by atoms with E-state index < -0.39 is 0 Å². The average Bonchev–Trinajstić information content (AvgIpc) is 2.57. The van der Waals surface area contributed by atoms with Gasteiger partial charge >= 0.3 is 0 Å². The van der Waals surface area contributed by atoms with Gasteiger partial charge in [0.2, 0.25) is 0 Å². The molecule has 0 unspecified atom stereocenters. The van der Waals surface area contributed by atoms with Gasteiger partial charge in [0.1, 0.15) is 5.82 Å². The number of pyridine rings is 1. The first-order valence-electron chi connectivity index (χ1n) is 8.22. The zero-order valence-corrected chi connectivity index (χ0v) is 13.9. The van der Waals surface area contributed by atoms with Crippen molar-refractivity contribution >= 4 is 11.7 Å². The molecule has 1 amide bonds. The van der Waals surface area contributed by atoms with Gasteiger partial charge in [-0.1, -0.05) is 49.6 Å². The van der Waals surface area contributed by atoms with Crippen molar-refractivity contribution in [3.05, 3.63) is 59.3 Å². The Morgan fingerprint density at radius 1 is 1.17 bits per heavy atom. The highest BCUT2D eigenvalue weighted by Gasteiger charge is 2.06. The number of benzene rings is 1. The predicted molar refractivity (Wildman–Crippen MR) is 94.6 cm³/mol. The van der Waals surface area contributed by atoms with Crippen LogP contribution in [-0.4, -0.2) is 17.4 Å². The fourth-order valence-corrected chi connectivity index (χ4v) is 2.37. The van der Waals surface area contributed by atoms with Crippen LogP contribution in [0.4, 0.5) is 5.82 Å². The summed E-state index contributed by atoms with van der Waals surface area (Å²) < 4.78 is 0. The molecule has 1 heterocycles. The number of nitrogens with zero attached hydrogens (tertiary/aromatic N) is 1. The van der Waals surface area contributed by atoms with Crippen LogP contribution in [0.25, 0.3) is 0 Å². The molecule has 1 aromatic carbocycles. The van der Waals surface area contributed by atoms with Crippen LogP contribution in [0.3, 0.4) is 0 Å². The number of carbonyl (C=O) groups is 1. The molecule has 4 nitrogen and oxygen atoms in total. The lowest BCUT2D eigenvalue weighted by Crippen LogP contribution is -2.23. The van der Waals surface area contributed by atoms with E-state index in [0.717, 1.165) is 24.3 Å². The van der Waals surface area contributed by atoms with Gasteiger partial charge in [0.25, 0.3) is 5.91 Å². The lowest BCUT2D eigenvalue weighted by molar-refractivity contribution is 0.0951. The number of anilines is 1. The Labute approximate surface area is 138 Å². The summed E-state index contributed by atoms with van der Waals surface area (Å²) in [7, 11) is 0. The summed E-state index contributed by atoms with van der Waals surface area (Å²) in [4.78, 5) is 16.5. The van der Waals surface area contributed by atoms with E-state index in [1.807, 2.05) is 25.1 Å². The van der Waals surface area contributed by atoms with Crippen LogP contribution in [0.1, 0.15) is 47.7 Å². The van der Waals surface area contributed by atoms with Gasteiger partial charge in [0, 0.05) is 24.8 Å². The number of aryl methyl sites for hydroxylation is 1. The van der Waals surface area contributed by atoms with Crippen molar-refractivity contribution in [2.45, 2.75) is 39.7 Å². The molecule has 0 fully saturated rings. The second-order valence-electron chi connectivity index (χ2n) is 5.74. The van der Waals surface area contributed by atoms with Gasteiger partial charge in [0.15, 0.2) is 0 Å². The molecule has 0 aliphatic rings. The summed E-state index contributed by atoms with van der Waals surface area (Å²) in [6.45, 7) is 5.64. The van der Waals surface area contributed by atoms with E-state index in [4.69, 9.17) is 0 Å². The molecule has 1 aromatic heterocycles. The monoisotopic (exact) mass is 311 g/mol. The van der Waals surface area contributed by atoms with Crippen molar-refractivity contribution in [2.75, 3.05) is 11.9 Å². The number of carbonyl (C=O) groups excluding carboxylic acids is 1. The van der Waals surface area contributed by atoms with Crippen LogP contribution in [0, 0.1) is 6.92 Å². The standard InChI is InChI=1S/C19H25N3O/c1-3-4-5-10-20-18-13-17(9-11-21-18)19(23)22-14-16-8-6-7-15(2)12-16/h6-9,11-13H,3-5,10,14H2,1-2H3,(H,20,21)(H,22,23). The van der Waals surface area contributed by atoms with Gasteiger partial charge < -0.3 is 10.6 Å². The van der Waals surface area contributed by atoms with Crippen molar-refractivity contribution in [1.82, 2.24) is 10.3 Å². The SMILES string of the molecule is CCCCCNc1cc(C(=O)NCc2cccc(C)c2)ccn1. The zero-order chi connectivity index (χ0) is 16.5. The maximum absolute atomic E-state index is 12.3. The number of unbranched alkanes of at least 4 members (excludes halogenated alkanes) is 2. The first kappa shape index (κ1) is 17.0. The largest absolute Gasteiger partial charge is 0.370 e. The maximum atomic E-state index is 12.3. The molecule has 2 aromatic rings. The molecule has 23 heavy (non-hydrogen) atoms. The normalized spacial score (nSPS) is 10.3. The van der Waals surface area contributed by atoms with Gasteiger partial charge in [-0.3, -0.25) is 4.79 Å². The summed E-state index contributed by atoms with van der Waals surface area (Å²) in [6, 6.07) is 11.7. The van der Waals surface area contributed by atoms with Gasteiger partial charge in [-0.15, -0.1) is 0 Å². The molecule has 0 aliphatic carbocycles. The van der Waals surface area contributed by atoms with E-state index in [0.29, 0.717) is 12.1 Å². The lowest BCUT2D eigenvalue weighted by atomic mass is 10.1. The summed E-state index contributed by atoms with van der Waals surface area (Å²) in [5.74, 6) is 0.676. The second-order valence-corrected chi connectivity index (χ2v) is 5.74. The molecule has 4 heteroatoms. The van der Waals surface area contributed by atoms with Crippen molar-refractivity contribution in [3.63, 3.8) is 0 Å². The van der Waals surface area contributed by atoms with E-state index in [1.165, 1.54) is 18.4 Å². The number of hydrogen-bond donors (Lipinski definition) is 2. The summed E-state index contributed by atoms with van der Waals surface area (Å²) in [6.07, 6.45) is 5.17. The molecule has 0 aliphatic heterocycles. The molecule has 2 rings (SSSR count). The third-order valence-corrected chi connectivity index (χ3v) is 3.64. The number of amides is 1. The molecule has 0 saturated heterocycles. The smallest absolute Gasteiger partial charge is 0.251 e. The van der Waals surface area contributed by atoms with Gasteiger partial charge in [-0.2, -0.15) is 0 Å². The van der Waals surface area contributed by atoms with Crippen molar-refractivity contribution in [2.24, 2.45) is 0 Å². The molecule has 2 N–H and O–H groups in total. The van der Waals surface area contributed by atoms with E-state index in [9.17, 15) is 4.79 Å². The highest BCUT2D eigenvalue weighted by atomic mass is 16.1. The van der Waals surface area contributed by atoms with Crippen molar-refractivity contribution in [1.29, 1.82) is 0 Å². The molecule has 0 bridgehead atoms. The van der Waals surface area contributed by atoms with E-state index in [1.54, 1.807) is 18.3 Å². The number of rotatable bonds is 8. The van der Waals surface area contributed by atoms with Crippen molar-refractivity contribution in [3.8, 4) is 0 Å². The highest BCUT2D eigenvalue weighted by Crippen LogP contribution is 2.09. The average molecular weight is 311 g/mol. The highest BCUT2D eigenvalue weighted by molar-refractivity contribution is 5.94. The predicted octanol–water partition coefficient (Wildman–Crippen LogP) is 3.92. The Bertz CT molecular complexity index is 640. The molecule has 0 radical (unpaired) electrons. The van der Waals surface area contributed by atoms with Crippen LogP contribution in [0.2, 0.25) is 0 Å². The summed E-state index contributed by atoms with van der Waals surface area (Å²) in [5, 5.41) is 6.22. The molecule has 0 spiro atoms. The fraction of sp³-hybridized carbons (Fsp3) is 0.368. The summed E-state index contributed by atoms with van der Waals surface area (Å²) in [5.41, 5.74) is 2.93. The third-order valence-electron chi connectivity index (χ3n) is 3.64. The quantitative estimate of drug-likeness (QED) is 0.726. The van der Waals surface area contributed by atoms with Crippen LogP contribution < -0.4 is 10.6 Å². The first-order chi connectivity index (χ1) is 11.2. The molecular weight excluding hydrogens is 286 g/mol. The number of nitrogens with one attached hydrogen (secondary N) is 2. The Balaban J connectivity index is 1.89. The minimum absolute atomic E-state index is 0.0782. The van der Waals surface area contributed by atoms with Gasteiger partial charge in [-0.05, 0) is 31.0 Å². The van der Waals surface area contributed by atoms with Crippen LogP contribution >= 0.6 is 0 Å². The maximum Gasteiger partial charge on any atom is 0.251 e. The van der Waals surface area contributed by atoms with E-state index >= 15 is 0 Å². The third kappa shape index (κ3) is 5.74. The minimum Gasteiger partial charge on any atom is -0.370 e. The number of aromatic nitrogens is 1. The topological polar surface area (TPSA) is 54.0 Å². The Hall–Kier alpha value is -2.36. The minimum atomic E-state index is -0.0782. The van der Waals surface area contributed by atoms with Crippen LogP contribution in [0.15, 0.2) is 42.6 Å².